The largest absolute Gasteiger partial charge is 0.480 e. The highest BCUT2D eigenvalue weighted by molar-refractivity contribution is 5.87. The maximum absolute atomic E-state index is 13.3. The molecule has 1 amide bonds. The number of carboxylic acid groups (broad SMARTS) is 1. The smallest absolute Gasteiger partial charge is 0.326 e. The zero-order valence-corrected chi connectivity index (χ0v) is 20.9. The molecule has 2 N–H and O–H groups in total. The van der Waals surface area contributed by atoms with Gasteiger partial charge in [-0.2, -0.15) is 0 Å². The van der Waals surface area contributed by atoms with E-state index in [-0.39, 0.29) is 11.3 Å². The van der Waals surface area contributed by atoms with Crippen LogP contribution in [-0.4, -0.2) is 23.0 Å². The predicted octanol–water partition coefficient (Wildman–Crippen LogP) is 7.01. The summed E-state index contributed by atoms with van der Waals surface area (Å²) in [6.45, 7) is 4.37. The van der Waals surface area contributed by atoms with Crippen LogP contribution in [-0.2, 0) is 16.0 Å². The quantitative estimate of drug-likeness (QED) is 0.421. The van der Waals surface area contributed by atoms with Crippen LogP contribution in [0.1, 0.15) is 121 Å². The molecule has 0 saturated heterocycles. The SMILES string of the molecule is CC(C)CCC1(C(=O)N[C@@H](Cc2ccc(C3CCCCCCCC3)cc2)C(=O)O)CCCC1. The van der Waals surface area contributed by atoms with Crippen LogP contribution in [0.4, 0.5) is 0 Å². The summed E-state index contributed by atoms with van der Waals surface area (Å²) in [6.07, 6.45) is 16.6. The summed E-state index contributed by atoms with van der Waals surface area (Å²) in [4.78, 5) is 25.3. The van der Waals surface area contributed by atoms with E-state index in [1.54, 1.807) is 0 Å². The lowest BCUT2D eigenvalue weighted by atomic mass is 9.78. The van der Waals surface area contributed by atoms with Gasteiger partial charge in [-0.05, 0) is 61.5 Å². The fourth-order valence-electron chi connectivity index (χ4n) is 5.85. The van der Waals surface area contributed by atoms with Gasteiger partial charge in [-0.15, -0.1) is 0 Å². The lowest BCUT2D eigenvalue weighted by Crippen LogP contribution is -2.48. The van der Waals surface area contributed by atoms with Crippen LogP contribution in [0.3, 0.4) is 0 Å². The number of nitrogens with one attached hydrogen (secondary N) is 1. The van der Waals surface area contributed by atoms with Crippen LogP contribution in [0.5, 0.6) is 0 Å². The highest BCUT2D eigenvalue weighted by Gasteiger charge is 2.42. The number of benzene rings is 1. The Morgan fingerprint density at radius 3 is 2.06 bits per heavy atom. The van der Waals surface area contributed by atoms with Crippen molar-refractivity contribution >= 4 is 11.9 Å². The van der Waals surface area contributed by atoms with Crippen molar-refractivity contribution in [2.75, 3.05) is 0 Å². The number of aliphatic carboxylic acids is 1. The molecule has 184 valence electrons. The molecule has 4 nitrogen and oxygen atoms in total. The Bertz CT molecular complexity index is 739. The summed E-state index contributed by atoms with van der Waals surface area (Å²) in [6, 6.07) is 7.67. The van der Waals surface area contributed by atoms with Crippen LogP contribution in [0, 0.1) is 11.3 Å². The van der Waals surface area contributed by atoms with Crippen molar-refractivity contribution < 1.29 is 14.7 Å². The van der Waals surface area contributed by atoms with Crippen molar-refractivity contribution in [3.05, 3.63) is 35.4 Å². The number of carbonyl (C=O) groups excluding carboxylic acids is 1. The van der Waals surface area contributed by atoms with Gasteiger partial charge in [0.05, 0.1) is 0 Å². The molecule has 0 aromatic heterocycles. The second-order valence-corrected chi connectivity index (χ2v) is 11.1. The third kappa shape index (κ3) is 7.58. The first-order valence-corrected chi connectivity index (χ1v) is 13.5. The molecule has 1 atom stereocenters. The van der Waals surface area contributed by atoms with Crippen LogP contribution in [0.25, 0.3) is 0 Å². The highest BCUT2D eigenvalue weighted by Crippen LogP contribution is 2.43. The molecule has 2 fully saturated rings. The standard InChI is InChI=1S/C29H45NO3/c1-22(2)17-20-29(18-9-10-19-29)28(33)30-26(27(31)32)21-23-13-15-25(16-14-23)24-11-7-5-3-4-6-8-12-24/h13-16,22,24,26H,3-12,17-21H2,1-2H3,(H,30,33)(H,31,32)/t26-/m0/s1. The first-order valence-electron chi connectivity index (χ1n) is 13.5. The Balaban J connectivity index is 1.63. The van der Waals surface area contributed by atoms with Crippen molar-refractivity contribution in [3.8, 4) is 0 Å². The Hall–Kier alpha value is -1.84. The van der Waals surface area contributed by atoms with Crippen molar-refractivity contribution in [1.82, 2.24) is 5.32 Å². The summed E-state index contributed by atoms with van der Waals surface area (Å²) in [5, 5.41) is 12.8. The van der Waals surface area contributed by atoms with Gasteiger partial charge < -0.3 is 10.4 Å². The van der Waals surface area contributed by atoms with E-state index in [9.17, 15) is 14.7 Å². The lowest BCUT2D eigenvalue weighted by Gasteiger charge is -2.30. The zero-order valence-electron chi connectivity index (χ0n) is 20.9. The molecular formula is C29H45NO3. The third-order valence-corrected chi connectivity index (χ3v) is 8.09. The van der Waals surface area contributed by atoms with Gasteiger partial charge in [0.15, 0.2) is 0 Å². The molecule has 33 heavy (non-hydrogen) atoms. The number of hydrogen-bond acceptors (Lipinski definition) is 2. The summed E-state index contributed by atoms with van der Waals surface area (Å²) < 4.78 is 0. The number of rotatable bonds is 9. The predicted molar refractivity (Wildman–Crippen MR) is 134 cm³/mol. The molecule has 0 unspecified atom stereocenters. The molecular weight excluding hydrogens is 410 g/mol. The van der Waals surface area contributed by atoms with Crippen molar-refractivity contribution in [2.45, 2.75) is 122 Å². The zero-order chi connectivity index (χ0) is 23.7. The van der Waals surface area contributed by atoms with Gasteiger partial charge in [0.2, 0.25) is 5.91 Å². The van der Waals surface area contributed by atoms with E-state index in [2.05, 4.69) is 43.4 Å². The maximum Gasteiger partial charge on any atom is 0.326 e. The van der Waals surface area contributed by atoms with Crippen LogP contribution >= 0.6 is 0 Å². The van der Waals surface area contributed by atoms with Gasteiger partial charge in [-0.3, -0.25) is 4.79 Å². The minimum Gasteiger partial charge on any atom is -0.480 e. The van der Waals surface area contributed by atoms with E-state index in [0.29, 0.717) is 18.3 Å². The highest BCUT2D eigenvalue weighted by atomic mass is 16.4. The molecule has 1 aromatic rings. The Morgan fingerprint density at radius 2 is 1.52 bits per heavy atom. The van der Waals surface area contributed by atoms with E-state index in [4.69, 9.17) is 0 Å². The Kier molecular flexibility index (Phi) is 9.82. The minimum absolute atomic E-state index is 0.0461. The molecule has 3 rings (SSSR count). The van der Waals surface area contributed by atoms with E-state index in [1.165, 1.54) is 56.9 Å². The number of hydrogen-bond donors (Lipinski definition) is 2. The van der Waals surface area contributed by atoms with Gasteiger partial charge >= 0.3 is 5.97 Å². The van der Waals surface area contributed by atoms with E-state index in [0.717, 1.165) is 44.1 Å². The Morgan fingerprint density at radius 1 is 0.939 bits per heavy atom. The normalized spacial score (nSPS) is 20.6. The minimum atomic E-state index is -0.944. The number of carbonyl (C=O) groups is 2. The fourth-order valence-corrected chi connectivity index (χ4v) is 5.85. The van der Waals surface area contributed by atoms with E-state index < -0.39 is 12.0 Å². The van der Waals surface area contributed by atoms with Gasteiger partial charge in [0.25, 0.3) is 0 Å². The second-order valence-electron chi connectivity index (χ2n) is 11.1. The summed E-state index contributed by atoms with van der Waals surface area (Å²) in [7, 11) is 0. The lowest BCUT2D eigenvalue weighted by molar-refractivity contribution is -0.144. The van der Waals surface area contributed by atoms with Gasteiger partial charge in [0.1, 0.15) is 6.04 Å². The molecule has 0 aliphatic heterocycles. The summed E-state index contributed by atoms with van der Waals surface area (Å²) in [5.74, 6) is 0.178. The molecule has 0 bridgehead atoms. The number of carboxylic acids is 1. The van der Waals surface area contributed by atoms with Crippen LogP contribution < -0.4 is 5.32 Å². The van der Waals surface area contributed by atoms with E-state index >= 15 is 0 Å². The topological polar surface area (TPSA) is 66.4 Å². The van der Waals surface area contributed by atoms with Crippen molar-refractivity contribution in [2.24, 2.45) is 11.3 Å². The monoisotopic (exact) mass is 455 g/mol. The van der Waals surface area contributed by atoms with Crippen molar-refractivity contribution in [3.63, 3.8) is 0 Å². The average molecular weight is 456 g/mol. The molecule has 2 aliphatic carbocycles. The molecule has 0 heterocycles. The summed E-state index contributed by atoms with van der Waals surface area (Å²) in [5.41, 5.74) is 1.99. The molecule has 0 spiro atoms. The Labute approximate surface area is 200 Å². The van der Waals surface area contributed by atoms with Crippen molar-refractivity contribution in [1.29, 1.82) is 0 Å². The second kappa shape index (κ2) is 12.6. The average Bonchev–Trinajstić information content (AvgIpc) is 3.32. The maximum atomic E-state index is 13.3. The van der Waals surface area contributed by atoms with Gasteiger partial charge in [-0.25, -0.2) is 4.79 Å². The fraction of sp³-hybridized carbons (Fsp3) is 0.724. The molecule has 0 radical (unpaired) electrons. The molecule has 2 saturated carbocycles. The summed E-state index contributed by atoms with van der Waals surface area (Å²) >= 11 is 0. The first-order chi connectivity index (χ1) is 15.9. The van der Waals surface area contributed by atoms with Crippen LogP contribution in [0.15, 0.2) is 24.3 Å². The molecule has 4 heteroatoms. The molecule has 1 aromatic carbocycles. The third-order valence-electron chi connectivity index (χ3n) is 8.09. The molecule has 2 aliphatic rings. The van der Waals surface area contributed by atoms with E-state index in [1.807, 2.05) is 0 Å². The number of amides is 1. The van der Waals surface area contributed by atoms with Gasteiger partial charge in [0, 0.05) is 11.8 Å². The van der Waals surface area contributed by atoms with Crippen LogP contribution in [0.2, 0.25) is 0 Å². The van der Waals surface area contributed by atoms with Gasteiger partial charge in [-0.1, -0.05) is 89.5 Å². The first kappa shape index (κ1) is 25.8.